The number of hydrogen-bond acceptors (Lipinski definition) is 3. The van der Waals surface area contributed by atoms with Crippen LogP contribution in [0.2, 0.25) is 0 Å². The summed E-state index contributed by atoms with van der Waals surface area (Å²) in [6.07, 6.45) is 5.07. The van der Waals surface area contributed by atoms with Gasteiger partial charge in [0, 0.05) is 44.2 Å². The van der Waals surface area contributed by atoms with Gasteiger partial charge in [-0.2, -0.15) is 0 Å². The molecular formula is C18H35N3O. The first-order valence-electron chi connectivity index (χ1n) is 9.19. The molecule has 2 fully saturated rings. The molecule has 22 heavy (non-hydrogen) atoms. The normalized spacial score (nSPS) is 23.6. The Balaban J connectivity index is 1.77. The average molecular weight is 309 g/mol. The van der Waals surface area contributed by atoms with E-state index in [0.717, 1.165) is 39.3 Å². The van der Waals surface area contributed by atoms with Crippen LogP contribution in [0.25, 0.3) is 0 Å². The smallest absolute Gasteiger partial charge is 0.223 e. The third-order valence-corrected chi connectivity index (χ3v) is 5.89. The highest BCUT2D eigenvalue weighted by Crippen LogP contribution is 2.31. The molecule has 2 aliphatic rings. The van der Waals surface area contributed by atoms with Crippen molar-refractivity contribution in [3.63, 3.8) is 0 Å². The molecule has 0 radical (unpaired) electrons. The Hall–Kier alpha value is -0.610. The van der Waals surface area contributed by atoms with Crippen LogP contribution in [0.4, 0.5) is 0 Å². The second-order valence-electron chi connectivity index (χ2n) is 7.78. The third kappa shape index (κ3) is 4.45. The van der Waals surface area contributed by atoms with Gasteiger partial charge in [-0.3, -0.25) is 9.69 Å². The summed E-state index contributed by atoms with van der Waals surface area (Å²) < 4.78 is 0. The fraction of sp³-hybridized carbons (Fsp3) is 0.944. The maximum atomic E-state index is 12.4. The van der Waals surface area contributed by atoms with E-state index in [1.54, 1.807) is 0 Å². The monoisotopic (exact) mass is 309 g/mol. The number of nitrogens with zero attached hydrogens (tertiary/aromatic N) is 2. The van der Waals surface area contributed by atoms with E-state index in [1.807, 2.05) is 0 Å². The van der Waals surface area contributed by atoms with Crippen LogP contribution in [0.1, 0.15) is 53.4 Å². The van der Waals surface area contributed by atoms with Gasteiger partial charge in [0.15, 0.2) is 0 Å². The van der Waals surface area contributed by atoms with Gasteiger partial charge in [0.2, 0.25) is 5.91 Å². The minimum absolute atomic E-state index is 0.0465. The number of hydrogen-bond donors (Lipinski definition) is 1. The van der Waals surface area contributed by atoms with Crippen LogP contribution >= 0.6 is 0 Å². The number of nitrogens with one attached hydrogen (secondary N) is 1. The number of piperazine rings is 1. The third-order valence-electron chi connectivity index (χ3n) is 5.89. The Morgan fingerprint density at radius 1 is 1.18 bits per heavy atom. The molecule has 0 aromatic carbocycles. The summed E-state index contributed by atoms with van der Waals surface area (Å²) in [7, 11) is 0. The van der Waals surface area contributed by atoms with Gasteiger partial charge in [0.1, 0.15) is 0 Å². The second kappa shape index (κ2) is 7.78. The lowest BCUT2D eigenvalue weighted by Gasteiger charge is -2.44. The fourth-order valence-corrected chi connectivity index (χ4v) is 3.92. The minimum Gasteiger partial charge on any atom is -0.354 e. The molecule has 1 aliphatic carbocycles. The molecule has 1 atom stereocenters. The van der Waals surface area contributed by atoms with E-state index in [0.29, 0.717) is 5.92 Å². The first-order valence-corrected chi connectivity index (χ1v) is 9.19. The summed E-state index contributed by atoms with van der Waals surface area (Å²) in [4.78, 5) is 17.4. The van der Waals surface area contributed by atoms with E-state index >= 15 is 0 Å². The Kier molecular flexibility index (Phi) is 6.27. The molecular weight excluding hydrogens is 274 g/mol. The van der Waals surface area contributed by atoms with Gasteiger partial charge >= 0.3 is 0 Å². The molecule has 2 rings (SSSR count). The van der Waals surface area contributed by atoms with Crippen molar-refractivity contribution < 1.29 is 4.79 Å². The maximum Gasteiger partial charge on any atom is 0.223 e. The molecule has 4 heteroatoms. The molecule has 128 valence electrons. The molecule has 4 nitrogen and oxygen atoms in total. The molecule has 1 amide bonds. The lowest BCUT2D eigenvalue weighted by molar-refractivity contribution is -0.126. The first-order chi connectivity index (χ1) is 10.4. The summed E-state index contributed by atoms with van der Waals surface area (Å²) in [5, 5.41) is 3.23. The van der Waals surface area contributed by atoms with Gasteiger partial charge in [-0.05, 0) is 39.2 Å². The van der Waals surface area contributed by atoms with E-state index in [4.69, 9.17) is 0 Å². The van der Waals surface area contributed by atoms with Crippen LogP contribution in [-0.4, -0.2) is 60.5 Å². The number of amides is 1. The van der Waals surface area contributed by atoms with Gasteiger partial charge in [0.25, 0.3) is 0 Å². The quantitative estimate of drug-likeness (QED) is 0.818. The largest absolute Gasteiger partial charge is 0.354 e. The molecule has 1 unspecified atom stereocenters. The van der Waals surface area contributed by atoms with Crippen molar-refractivity contribution in [2.75, 3.05) is 39.3 Å². The summed E-state index contributed by atoms with van der Waals surface area (Å²) in [5.41, 5.74) is 0.0465. The predicted octanol–water partition coefficient (Wildman–Crippen LogP) is 2.34. The Labute approximate surface area is 136 Å². The summed E-state index contributed by atoms with van der Waals surface area (Å²) in [5.74, 6) is 1.04. The summed E-state index contributed by atoms with van der Waals surface area (Å²) >= 11 is 0. The van der Waals surface area contributed by atoms with E-state index in [1.165, 1.54) is 25.7 Å². The van der Waals surface area contributed by atoms with E-state index < -0.39 is 0 Å². The zero-order valence-corrected chi connectivity index (χ0v) is 15.0. The summed E-state index contributed by atoms with van der Waals surface area (Å²) in [6, 6.07) is 0. The molecule has 0 aromatic rings. The highest BCUT2D eigenvalue weighted by Gasteiger charge is 2.32. The van der Waals surface area contributed by atoms with Crippen molar-refractivity contribution in [2.45, 2.75) is 58.9 Å². The van der Waals surface area contributed by atoms with Crippen molar-refractivity contribution >= 4 is 5.91 Å². The predicted molar refractivity (Wildman–Crippen MR) is 91.9 cm³/mol. The summed E-state index contributed by atoms with van der Waals surface area (Å²) in [6.45, 7) is 15.3. The SMILES string of the molecule is CCN1CCN(C(C)(C)CNC(=O)C(C)C2CCCC2)CC1. The highest BCUT2D eigenvalue weighted by molar-refractivity contribution is 5.78. The zero-order chi connectivity index (χ0) is 16.2. The van der Waals surface area contributed by atoms with E-state index in [2.05, 4.69) is 42.8 Å². The van der Waals surface area contributed by atoms with Crippen molar-refractivity contribution in [3.05, 3.63) is 0 Å². The molecule has 0 aromatic heterocycles. The Morgan fingerprint density at radius 2 is 1.77 bits per heavy atom. The van der Waals surface area contributed by atoms with Gasteiger partial charge in [0.05, 0.1) is 0 Å². The first kappa shape index (κ1) is 17.7. The number of carbonyl (C=O) groups excluding carboxylic acids is 1. The van der Waals surface area contributed by atoms with Gasteiger partial charge in [-0.15, -0.1) is 0 Å². The topological polar surface area (TPSA) is 35.6 Å². The van der Waals surface area contributed by atoms with Crippen molar-refractivity contribution in [3.8, 4) is 0 Å². The van der Waals surface area contributed by atoms with E-state index in [9.17, 15) is 4.79 Å². The van der Waals surface area contributed by atoms with Gasteiger partial charge in [-0.1, -0.05) is 26.7 Å². The standard InChI is InChI=1S/C18H35N3O/c1-5-20-10-12-21(13-11-20)18(3,4)14-19-17(22)15(2)16-8-6-7-9-16/h15-16H,5-14H2,1-4H3,(H,19,22). The Morgan fingerprint density at radius 3 is 2.32 bits per heavy atom. The minimum atomic E-state index is 0.0465. The van der Waals surface area contributed by atoms with Gasteiger partial charge < -0.3 is 10.2 Å². The highest BCUT2D eigenvalue weighted by atomic mass is 16.1. The molecule has 1 heterocycles. The van der Waals surface area contributed by atoms with Crippen molar-refractivity contribution in [2.24, 2.45) is 11.8 Å². The lowest BCUT2D eigenvalue weighted by atomic mass is 9.91. The van der Waals surface area contributed by atoms with Crippen molar-refractivity contribution in [1.29, 1.82) is 0 Å². The fourth-order valence-electron chi connectivity index (χ4n) is 3.92. The van der Waals surface area contributed by atoms with Gasteiger partial charge in [-0.25, -0.2) is 0 Å². The van der Waals surface area contributed by atoms with Crippen LogP contribution in [0.15, 0.2) is 0 Å². The molecule has 0 spiro atoms. The average Bonchev–Trinajstić information content (AvgIpc) is 3.06. The number of rotatable bonds is 6. The molecule has 0 bridgehead atoms. The molecule has 1 saturated heterocycles. The van der Waals surface area contributed by atoms with Crippen LogP contribution < -0.4 is 5.32 Å². The molecule has 1 N–H and O–H groups in total. The maximum absolute atomic E-state index is 12.4. The van der Waals surface area contributed by atoms with Crippen LogP contribution in [0, 0.1) is 11.8 Å². The number of likely N-dealkylation sites (N-methyl/N-ethyl adjacent to an activating group) is 1. The van der Waals surface area contributed by atoms with Crippen LogP contribution in [0.3, 0.4) is 0 Å². The van der Waals surface area contributed by atoms with Crippen molar-refractivity contribution in [1.82, 2.24) is 15.1 Å². The Bertz CT molecular complexity index is 355. The number of carbonyl (C=O) groups is 1. The van der Waals surface area contributed by atoms with Crippen LogP contribution in [-0.2, 0) is 4.79 Å². The lowest BCUT2D eigenvalue weighted by Crippen LogP contribution is -2.58. The van der Waals surface area contributed by atoms with Crippen LogP contribution in [0.5, 0.6) is 0 Å². The molecule has 1 saturated carbocycles. The second-order valence-corrected chi connectivity index (χ2v) is 7.78. The zero-order valence-electron chi connectivity index (χ0n) is 15.0. The van der Waals surface area contributed by atoms with E-state index in [-0.39, 0.29) is 17.4 Å². The molecule has 1 aliphatic heterocycles.